The molecule has 174 valence electrons. The molecule has 2 N–H and O–H groups in total. The number of ether oxygens (including phenoxy) is 2. The quantitative estimate of drug-likeness (QED) is 0.310. The summed E-state index contributed by atoms with van der Waals surface area (Å²) in [5.74, 6) is -0.163. The first-order valence-corrected chi connectivity index (χ1v) is 12.2. The molecule has 0 aliphatic heterocycles. The number of aromatic amines is 1. The molecule has 1 heterocycles. The number of rotatable bonds is 12. The first-order valence-electron chi connectivity index (χ1n) is 10.8. The molecule has 0 bridgehead atoms. The van der Waals surface area contributed by atoms with Gasteiger partial charge in [0.25, 0.3) is 5.91 Å². The maximum absolute atomic E-state index is 12.7. The monoisotopic (exact) mass is 468 g/mol. The van der Waals surface area contributed by atoms with Gasteiger partial charge in [-0.3, -0.25) is 9.59 Å². The van der Waals surface area contributed by atoms with Crippen molar-refractivity contribution in [3.05, 3.63) is 65.9 Å². The molecule has 2 aromatic carbocycles. The highest BCUT2D eigenvalue weighted by atomic mass is 32.2. The highest BCUT2D eigenvalue weighted by Gasteiger charge is 2.24. The van der Waals surface area contributed by atoms with E-state index in [0.717, 1.165) is 22.9 Å². The number of benzene rings is 2. The number of nitrogens with one attached hydrogen (secondary N) is 2. The molecule has 0 aliphatic carbocycles. The number of esters is 1. The van der Waals surface area contributed by atoms with Crippen LogP contribution in [0.1, 0.15) is 29.3 Å². The fourth-order valence-electron chi connectivity index (χ4n) is 3.44. The maximum atomic E-state index is 12.7. The highest BCUT2D eigenvalue weighted by molar-refractivity contribution is 7.98. The van der Waals surface area contributed by atoms with Crippen LogP contribution in [0.3, 0.4) is 0 Å². The van der Waals surface area contributed by atoms with Crippen LogP contribution in [-0.2, 0) is 20.7 Å². The summed E-state index contributed by atoms with van der Waals surface area (Å²) in [4.78, 5) is 40.8. The standard InChI is InChI=1S/C25H28N2O5S/c1-3-17-8-7-11-19-20(14-26-24(17)19)22(28)15-32-25(30)21(12-13-33-2)27-23(29)16-31-18-9-5-4-6-10-18/h4-11,14,21,26H,3,12-13,15-16H2,1-2H3,(H,27,29). The molecule has 33 heavy (non-hydrogen) atoms. The SMILES string of the molecule is CCc1cccc2c(C(=O)COC(=O)C(CCSC)NC(=O)COc3ccccc3)c[nH]c12. The summed E-state index contributed by atoms with van der Waals surface area (Å²) in [6.07, 6.45) is 4.78. The normalized spacial score (nSPS) is 11.7. The van der Waals surface area contributed by atoms with E-state index in [9.17, 15) is 14.4 Å². The number of aromatic nitrogens is 1. The van der Waals surface area contributed by atoms with E-state index in [1.165, 1.54) is 0 Å². The van der Waals surface area contributed by atoms with Gasteiger partial charge in [0.1, 0.15) is 11.8 Å². The molecule has 1 atom stereocenters. The number of para-hydroxylation sites is 2. The van der Waals surface area contributed by atoms with E-state index >= 15 is 0 Å². The first-order chi connectivity index (χ1) is 16.0. The summed E-state index contributed by atoms with van der Waals surface area (Å²) in [5, 5.41) is 3.46. The number of fused-ring (bicyclic) bond motifs is 1. The Morgan fingerprint density at radius 3 is 2.58 bits per heavy atom. The number of Topliss-reactive ketones (excluding diaryl/α,β-unsaturated/α-hetero) is 1. The van der Waals surface area contributed by atoms with E-state index < -0.39 is 24.5 Å². The number of amides is 1. The Labute approximate surface area is 197 Å². The van der Waals surface area contributed by atoms with Crippen molar-refractivity contribution in [3.8, 4) is 5.75 Å². The van der Waals surface area contributed by atoms with Gasteiger partial charge < -0.3 is 19.8 Å². The average molecular weight is 469 g/mol. The van der Waals surface area contributed by atoms with Crippen LogP contribution < -0.4 is 10.1 Å². The van der Waals surface area contributed by atoms with Crippen LogP contribution in [0.5, 0.6) is 5.75 Å². The Bertz CT molecular complexity index is 1100. The van der Waals surface area contributed by atoms with Crippen LogP contribution >= 0.6 is 11.8 Å². The van der Waals surface area contributed by atoms with Gasteiger partial charge >= 0.3 is 5.97 Å². The van der Waals surface area contributed by atoms with Crippen molar-refractivity contribution in [3.63, 3.8) is 0 Å². The van der Waals surface area contributed by atoms with Gasteiger partial charge in [0.05, 0.1) is 0 Å². The van der Waals surface area contributed by atoms with Gasteiger partial charge in [-0.1, -0.05) is 43.3 Å². The van der Waals surface area contributed by atoms with Crippen molar-refractivity contribution < 1.29 is 23.9 Å². The van der Waals surface area contributed by atoms with Crippen LogP contribution in [0.15, 0.2) is 54.7 Å². The lowest BCUT2D eigenvalue weighted by Crippen LogP contribution is -2.44. The lowest BCUT2D eigenvalue weighted by atomic mass is 10.1. The Balaban J connectivity index is 1.58. The Morgan fingerprint density at radius 1 is 1.06 bits per heavy atom. The summed E-state index contributed by atoms with van der Waals surface area (Å²) >= 11 is 1.55. The van der Waals surface area contributed by atoms with Gasteiger partial charge in [0.15, 0.2) is 13.2 Å². The molecule has 3 aromatic rings. The summed E-state index contributed by atoms with van der Waals surface area (Å²) in [7, 11) is 0. The maximum Gasteiger partial charge on any atom is 0.329 e. The van der Waals surface area contributed by atoms with Crippen molar-refractivity contribution in [2.24, 2.45) is 0 Å². The molecule has 0 spiro atoms. The summed E-state index contributed by atoms with van der Waals surface area (Å²) in [6.45, 7) is 1.43. The average Bonchev–Trinajstić information content (AvgIpc) is 3.28. The fourth-order valence-corrected chi connectivity index (χ4v) is 3.92. The zero-order valence-corrected chi connectivity index (χ0v) is 19.6. The van der Waals surface area contributed by atoms with Gasteiger partial charge in [-0.2, -0.15) is 11.8 Å². The number of aryl methyl sites for hydroxylation is 1. The predicted octanol–water partition coefficient (Wildman–Crippen LogP) is 3.77. The fraction of sp³-hybridized carbons (Fsp3) is 0.320. The van der Waals surface area contributed by atoms with E-state index in [0.29, 0.717) is 23.5 Å². The lowest BCUT2D eigenvalue weighted by Gasteiger charge is -2.17. The van der Waals surface area contributed by atoms with Crippen LogP contribution in [-0.4, -0.2) is 53.9 Å². The second-order valence-electron chi connectivity index (χ2n) is 7.43. The summed E-state index contributed by atoms with van der Waals surface area (Å²) in [5.41, 5.74) is 2.51. The minimum absolute atomic E-state index is 0.221. The van der Waals surface area contributed by atoms with E-state index in [-0.39, 0.29) is 12.4 Å². The molecular weight excluding hydrogens is 440 g/mol. The van der Waals surface area contributed by atoms with E-state index in [1.807, 2.05) is 37.4 Å². The van der Waals surface area contributed by atoms with Gasteiger partial charge in [0.2, 0.25) is 5.78 Å². The minimum Gasteiger partial charge on any atom is -0.484 e. The van der Waals surface area contributed by atoms with Gasteiger partial charge in [-0.25, -0.2) is 4.79 Å². The number of thioether (sulfide) groups is 1. The summed E-state index contributed by atoms with van der Waals surface area (Å²) in [6, 6.07) is 13.9. The number of carbonyl (C=O) groups is 3. The van der Waals surface area contributed by atoms with E-state index in [4.69, 9.17) is 9.47 Å². The molecule has 1 aromatic heterocycles. The second-order valence-corrected chi connectivity index (χ2v) is 8.42. The molecule has 8 heteroatoms. The molecule has 3 rings (SSSR count). The predicted molar refractivity (Wildman–Crippen MR) is 130 cm³/mol. The van der Waals surface area contributed by atoms with Crippen LogP contribution in [0.25, 0.3) is 10.9 Å². The van der Waals surface area contributed by atoms with Crippen molar-refractivity contribution in [2.45, 2.75) is 25.8 Å². The second kappa shape index (κ2) is 12.1. The number of hydrogen-bond donors (Lipinski definition) is 2. The molecule has 7 nitrogen and oxygen atoms in total. The van der Waals surface area contributed by atoms with Crippen molar-refractivity contribution >= 4 is 40.3 Å². The van der Waals surface area contributed by atoms with E-state index in [1.54, 1.807) is 42.2 Å². The summed E-state index contributed by atoms with van der Waals surface area (Å²) < 4.78 is 10.7. The smallest absolute Gasteiger partial charge is 0.329 e. The zero-order chi connectivity index (χ0) is 23.6. The zero-order valence-electron chi connectivity index (χ0n) is 18.8. The number of hydrogen-bond acceptors (Lipinski definition) is 6. The number of carbonyl (C=O) groups excluding carboxylic acids is 3. The van der Waals surface area contributed by atoms with Crippen molar-refractivity contribution in [1.82, 2.24) is 10.3 Å². The van der Waals surface area contributed by atoms with Gasteiger partial charge in [-0.05, 0) is 42.5 Å². The van der Waals surface area contributed by atoms with E-state index in [2.05, 4.69) is 10.3 Å². The van der Waals surface area contributed by atoms with Gasteiger partial charge in [-0.15, -0.1) is 0 Å². The lowest BCUT2D eigenvalue weighted by molar-refractivity contribution is -0.147. The van der Waals surface area contributed by atoms with Crippen LogP contribution in [0, 0.1) is 0 Å². The van der Waals surface area contributed by atoms with Crippen molar-refractivity contribution in [1.29, 1.82) is 0 Å². The van der Waals surface area contributed by atoms with Crippen molar-refractivity contribution in [2.75, 3.05) is 25.2 Å². The molecule has 0 radical (unpaired) electrons. The molecule has 0 saturated heterocycles. The third-order valence-electron chi connectivity index (χ3n) is 5.17. The first kappa shape index (κ1) is 24.4. The Hall–Kier alpha value is -3.26. The molecule has 0 fully saturated rings. The Morgan fingerprint density at radius 2 is 1.85 bits per heavy atom. The Kier molecular flexibility index (Phi) is 8.95. The topological polar surface area (TPSA) is 97.5 Å². The molecular formula is C25H28N2O5S. The minimum atomic E-state index is -0.855. The molecule has 1 amide bonds. The largest absolute Gasteiger partial charge is 0.484 e. The van der Waals surface area contributed by atoms with Crippen LogP contribution in [0.4, 0.5) is 0 Å². The molecule has 1 unspecified atom stereocenters. The number of H-pyrrole nitrogens is 1. The van der Waals surface area contributed by atoms with Gasteiger partial charge in [0, 0.05) is 22.7 Å². The van der Waals surface area contributed by atoms with Crippen LogP contribution in [0.2, 0.25) is 0 Å². The number of ketones is 1. The highest BCUT2D eigenvalue weighted by Crippen LogP contribution is 2.22. The molecule has 0 saturated carbocycles. The molecule has 0 aliphatic rings. The third-order valence-corrected chi connectivity index (χ3v) is 5.82. The third kappa shape index (κ3) is 6.61.